The Hall–Kier alpha value is -4.59. The van der Waals surface area contributed by atoms with Crippen LogP contribution in [-0.2, 0) is 44.8 Å². The zero-order chi connectivity index (χ0) is 46.6. The molecule has 24 heteroatoms. The highest BCUT2D eigenvalue weighted by molar-refractivity contribution is 8.76. The first-order valence-corrected chi connectivity index (χ1v) is 22.6. The molecule has 0 saturated heterocycles. The highest BCUT2D eigenvalue weighted by Gasteiger charge is 2.25. The average molecular weight is 929 g/mol. The first-order valence-electron chi connectivity index (χ1n) is 19.7. The molecule has 0 aliphatic rings. The van der Waals surface area contributed by atoms with Crippen molar-refractivity contribution in [1.29, 1.82) is 0 Å². The number of aliphatic carboxylic acids is 5. The zero-order valence-corrected chi connectivity index (χ0v) is 37.4. The van der Waals surface area contributed by atoms with Crippen LogP contribution in [0.25, 0.3) is 0 Å². The molecule has 1 aromatic carbocycles. The van der Waals surface area contributed by atoms with E-state index in [1.807, 2.05) is 0 Å². The number of rotatable bonds is 35. The third-order valence-corrected chi connectivity index (χ3v) is 11.7. The van der Waals surface area contributed by atoms with Gasteiger partial charge in [-0.1, -0.05) is 40.6 Å². The van der Waals surface area contributed by atoms with Crippen LogP contribution < -0.4 is 47.0 Å². The van der Waals surface area contributed by atoms with Gasteiger partial charge >= 0.3 is 5.97 Å². The van der Waals surface area contributed by atoms with Crippen LogP contribution >= 0.6 is 33.8 Å². The lowest BCUT2D eigenvalue weighted by Crippen LogP contribution is -2.54. The minimum Gasteiger partial charge on any atom is -0.549 e. The van der Waals surface area contributed by atoms with Crippen LogP contribution in [0, 0.1) is 0 Å². The molecule has 348 valence electrons. The number of amides is 2. The fraction of sp³-hybridized carbons (Fsp3) is 0.605. The molecule has 6 N–H and O–H groups in total. The molecule has 0 spiro atoms. The van der Waals surface area contributed by atoms with Gasteiger partial charge in [-0.2, -0.15) is 0 Å². The number of Topliss-reactive ketones (excluding diaryl/α,β-unsaturated/α-hetero) is 1. The minimum absolute atomic E-state index is 0.00825. The number of likely N-dealkylation sites (N-methyl/N-ethyl adjacent to an activating group) is 2. The number of benzene rings is 1. The summed E-state index contributed by atoms with van der Waals surface area (Å²) in [6, 6.07) is 4.33. The van der Waals surface area contributed by atoms with Crippen molar-refractivity contribution in [3.8, 4) is 0 Å². The highest BCUT2D eigenvalue weighted by atomic mass is 33.1. The number of carbonyl (C=O) groups excluding carboxylic acids is 7. The van der Waals surface area contributed by atoms with Crippen molar-refractivity contribution < 1.29 is 63.9 Å². The number of hydrogen-bond acceptors (Lipinski definition) is 19. The quantitative estimate of drug-likeness (QED) is 0.0210. The van der Waals surface area contributed by atoms with Crippen molar-refractivity contribution in [3.05, 3.63) is 29.8 Å². The molecule has 0 heterocycles. The summed E-state index contributed by atoms with van der Waals surface area (Å²) < 4.78 is 0. The first kappa shape index (κ1) is 55.4. The molecule has 0 radical (unpaired) electrons. The van der Waals surface area contributed by atoms with Crippen LogP contribution in [0.5, 0.6) is 0 Å². The van der Waals surface area contributed by atoms with Crippen molar-refractivity contribution in [2.45, 2.75) is 64.1 Å². The van der Waals surface area contributed by atoms with E-state index in [1.54, 1.807) is 42.0 Å². The molecule has 3 atom stereocenters. The molecule has 0 aliphatic carbocycles. The summed E-state index contributed by atoms with van der Waals surface area (Å²) in [7, 11) is 4.60. The van der Waals surface area contributed by atoms with Gasteiger partial charge in [0, 0.05) is 95.0 Å². The zero-order valence-electron chi connectivity index (χ0n) is 35.0. The average Bonchev–Trinajstić information content (AvgIpc) is 3.18. The van der Waals surface area contributed by atoms with Crippen molar-refractivity contribution >= 4 is 92.0 Å². The molecular weight excluding hydrogens is 873 g/mol. The second-order valence-electron chi connectivity index (χ2n) is 13.9. The highest BCUT2D eigenvalue weighted by Crippen LogP contribution is 2.19. The summed E-state index contributed by atoms with van der Waals surface area (Å²) >= 11 is 5.40. The van der Waals surface area contributed by atoms with E-state index in [9.17, 15) is 58.8 Å². The number of anilines is 1. The van der Waals surface area contributed by atoms with E-state index in [-0.39, 0.29) is 70.0 Å². The SMILES string of the molecule is CCN(CCN(CC(=O)[O-])CC(Cc1ccc(NC(=S)NCCSSCCNC(=O)CCC(NC(=O)C(CCC(=O)O)NC)C(C)=O)cc1)N(CC(=O)[O-])CC(=O)[O-])CC(=O)[O-]. The number of carboxylic acids is 5. The first-order chi connectivity index (χ1) is 29.3. The number of hydrogen-bond donors (Lipinski definition) is 6. The summed E-state index contributed by atoms with van der Waals surface area (Å²) in [6.07, 6.45) is 0.0268. The van der Waals surface area contributed by atoms with Crippen LogP contribution in [0.2, 0.25) is 0 Å². The Balaban J connectivity index is 2.63. The van der Waals surface area contributed by atoms with E-state index in [0.717, 1.165) is 4.90 Å². The standard InChI is InChI=1S/C38H60N8O13S3/c1-4-44(21-33(51)52)15-16-45(22-34(53)54)20-28(46(23-35(55)56)24-36(57)58)19-26-5-7-27(8-6-26)42-38(60)41-14-18-62-61-17-13-40-31(48)11-9-29(25(2)47)43-37(59)30(39-3)10-12-32(49)50/h5-8,28-30,39H,4,9-24H2,1-3H3,(H,40,48)(H,43,59)(H,49,50)(H,51,52)(H,53,54)(H,55,56)(H,57,58)(H2,41,42,60)/p-4. The number of nitrogens with one attached hydrogen (secondary N) is 5. The molecule has 3 unspecified atom stereocenters. The lowest BCUT2D eigenvalue weighted by molar-refractivity contribution is -0.312. The monoisotopic (exact) mass is 928 g/mol. The van der Waals surface area contributed by atoms with Crippen molar-refractivity contribution in [2.75, 3.05) is 89.3 Å². The summed E-state index contributed by atoms with van der Waals surface area (Å²) in [5.74, 6) is -6.75. The maximum absolute atomic E-state index is 12.5. The van der Waals surface area contributed by atoms with Crippen LogP contribution in [-0.4, -0.2) is 174 Å². The predicted molar refractivity (Wildman–Crippen MR) is 228 cm³/mol. The smallest absolute Gasteiger partial charge is 0.303 e. The molecule has 0 aromatic heterocycles. The molecule has 0 aliphatic heterocycles. The van der Waals surface area contributed by atoms with Gasteiger partial charge in [-0.3, -0.25) is 33.9 Å². The molecule has 0 bridgehead atoms. The Kier molecular flexibility index (Phi) is 28.0. The van der Waals surface area contributed by atoms with Gasteiger partial charge in [0.25, 0.3) is 0 Å². The Morgan fingerprint density at radius 2 is 1.29 bits per heavy atom. The van der Waals surface area contributed by atoms with Crippen molar-refractivity contribution in [2.24, 2.45) is 0 Å². The number of nitrogens with zero attached hydrogens (tertiary/aromatic N) is 3. The second kappa shape index (κ2) is 31.3. The topological polar surface area (TPSA) is 319 Å². The number of ketones is 1. The Bertz CT molecular complexity index is 1630. The number of carbonyl (C=O) groups is 8. The Morgan fingerprint density at radius 1 is 0.758 bits per heavy atom. The lowest BCUT2D eigenvalue weighted by Gasteiger charge is -2.37. The van der Waals surface area contributed by atoms with Crippen LogP contribution in [0.1, 0.15) is 45.1 Å². The maximum Gasteiger partial charge on any atom is 0.303 e. The van der Waals surface area contributed by atoms with E-state index >= 15 is 0 Å². The lowest BCUT2D eigenvalue weighted by atomic mass is 10.0. The van der Waals surface area contributed by atoms with Gasteiger partial charge in [-0.05, 0) is 69.7 Å². The third kappa shape index (κ3) is 26.0. The minimum atomic E-state index is -1.55. The maximum atomic E-state index is 12.5. The van der Waals surface area contributed by atoms with Gasteiger partial charge in [0.15, 0.2) is 10.9 Å². The van der Waals surface area contributed by atoms with Gasteiger partial charge in [0.05, 0.1) is 36.0 Å². The Labute approximate surface area is 373 Å². The fourth-order valence-electron chi connectivity index (χ4n) is 5.90. The molecule has 1 rings (SSSR count). The normalized spacial score (nSPS) is 12.6. The molecule has 0 fully saturated rings. The van der Waals surface area contributed by atoms with Gasteiger partial charge in [-0.25, -0.2) is 0 Å². The van der Waals surface area contributed by atoms with E-state index in [2.05, 4.69) is 26.6 Å². The largest absolute Gasteiger partial charge is 0.549 e. The Morgan fingerprint density at radius 3 is 1.81 bits per heavy atom. The second-order valence-corrected chi connectivity index (χ2v) is 17.0. The molecular formula is C38H56N8O13S3-4. The van der Waals surface area contributed by atoms with Gasteiger partial charge < -0.3 is 71.3 Å². The third-order valence-electron chi connectivity index (χ3n) is 9.06. The molecule has 21 nitrogen and oxygen atoms in total. The van der Waals surface area contributed by atoms with Crippen LogP contribution in [0.15, 0.2) is 24.3 Å². The molecule has 62 heavy (non-hydrogen) atoms. The number of carboxylic acid groups (broad SMARTS) is 5. The number of thiocarbonyl (C=S) groups is 1. The summed E-state index contributed by atoms with van der Waals surface area (Å²) in [6.45, 7) is 1.80. The fourth-order valence-corrected chi connectivity index (χ4v) is 7.93. The van der Waals surface area contributed by atoms with Crippen LogP contribution in [0.4, 0.5) is 5.69 Å². The van der Waals surface area contributed by atoms with E-state index < -0.39 is 73.5 Å². The molecule has 2 amide bonds. The van der Waals surface area contributed by atoms with Crippen molar-refractivity contribution in [1.82, 2.24) is 36.0 Å². The molecule has 0 saturated carbocycles. The van der Waals surface area contributed by atoms with Crippen LogP contribution in [0.3, 0.4) is 0 Å². The summed E-state index contributed by atoms with van der Waals surface area (Å²) in [5.41, 5.74) is 1.27. The van der Waals surface area contributed by atoms with E-state index in [1.165, 1.54) is 34.6 Å². The molecule has 1 aromatic rings. The summed E-state index contributed by atoms with van der Waals surface area (Å²) in [5, 5.41) is 69.3. The van der Waals surface area contributed by atoms with Gasteiger partial charge in [0.2, 0.25) is 11.8 Å². The van der Waals surface area contributed by atoms with E-state index in [4.69, 9.17) is 17.3 Å². The predicted octanol–water partition coefficient (Wildman–Crippen LogP) is -5.39. The van der Waals surface area contributed by atoms with E-state index in [0.29, 0.717) is 47.5 Å². The van der Waals surface area contributed by atoms with Gasteiger partial charge in [-0.15, -0.1) is 0 Å². The van der Waals surface area contributed by atoms with Crippen molar-refractivity contribution in [3.63, 3.8) is 0 Å². The van der Waals surface area contributed by atoms with Gasteiger partial charge in [0.1, 0.15) is 0 Å². The summed E-state index contributed by atoms with van der Waals surface area (Å²) in [4.78, 5) is 97.7.